The number of nitrogens with zero attached hydrogens (tertiary/aromatic N) is 3. The van der Waals surface area contributed by atoms with Crippen LogP contribution in [0.15, 0.2) is 4.52 Å². The fraction of sp³-hybridized carbons (Fsp3) is 0.800. The summed E-state index contributed by atoms with van der Waals surface area (Å²) in [5, 5.41) is 3.98. The van der Waals surface area contributed by atoms with E-state index in [1.807, 2.05) is 0 Å². The van der Waals surface area contributed by atoms with Gasteiger partial charge >= 0.3 is 0 Å². The molecule has 2 N–H and O–H groups in total. The number of ether oxygens (including phenoxy) is 1. The van der Waals surface area contributed by atoms with Crippen molar-refractivity contribution in [1.29, 1.82) is 0 Å². The Hall–Kier alpha value is -1.14. The van der Waals surface area contributed by atoms with Crippen molar-refractivity contribution in [2.45, 2.75) is 18.9 Å². The Bertz CT molecular complexity index is 357. The zero-order valence-corrected chi connectivity index (χ0v) is 9.13. The summed E-state index contributed by atoms with van der Waals surface area (Å²) in [6.07, 6.45) is 2.35. The quantitative estimate of drug-likeness (QED) is 0.796. The molecule has 1 unspecified atom stereocenters. The number of hydrogen-bond donors (Lipinski definition) is 1. The summed E-state index contributed by atoms with van der Waals surface area (Å²) in [5.74, 6) is 1.76. The second-order valence-corrected chi connectivity index (χ2v) is 4.40. The summed E-state index contributed by atoms with van der Waals surface area (Å²) >= 11 is 0. The molecule has 1 saturated carbocycles. The maximum atomic E-state index is 6.00. The predicted octanol–water partition coefficient (Wildman–Crippen LogP) is 0.316. The number of aromatic nitrogens is 2. The summed E-state index contributed by atoms with van der Waals surface area (Å²) in [7, 11) is 0. The lowest BCUT2D eigenvalue weighted by molar-refractivity contribution is 0.121. The second kappa shape index (κ2) is 4.03. The minimum Gasteiger partial charge on any atom is -0.378 e. The van der Waals surface area contributed by atoms with Gasteiger partial charge in [-0.25, -0.2) is 0 Å². The monoisotopic (exact) mass is 224 g/mol. The first-order valence-electron chi connectivity index (χ1n) is 5.76. The van der Waals surface area contributed by atoms with Gasteiger partial charge < -0.3 is 19.9 Å². The highest BCUT2D eigenvalue weighted by Crippen LogP contribution is 2.39. The average Bonchev–Trinajstić information content (AvgIpc) is 3.07. The molecule has 0 spiro atoms. The first-order chi connectivity index (χ1) is 7.84. The Kier molecular flexibility index (Phi) is 2.53. The van der Waals surface area contributed by atoms with Gasteiger partial charge in [-0.2, -0.15) is 4.98 Å². The molecule has 0 amide bonds. The summed E-state index contributed by atoms with van der Waals surface area (Å²) in [6, 6.07) is -0.0812. The fourth-order valence-electron chi connectivity index (χ4n) is 1.91. The lowest BCUT2D eigenvalue weighted by Gasteiger charge is -2.24. The molecule has 3 rings (SSSR count). The van der Waals surface area contributed by atoms with Gasteiger partial charge in [-0.1, -0.05) is 0 Å². The molecule has 0 bridgehead atoms. The summed E-state index contributed by atoms with van der Waals surface area (Å²) in [4.78, 5) is 6.43. The number of rotatable bonds is 3. The normalized spacial score (nSPS) is 23.4. The maximum absolute atomic E-state index is 6.00. The Morgan fingerprint density at radius 2 is 2.06 bits per heavy atom. The van der Waals surface area contributed by atoms with E-state index in [0.29, 0.717) is 17.8 Å². The van der Waals surface area contributed by atoms with E-state index in [9.17, 15) is 0 Å². The van der Waals surface area contributed by atoms with E-state index in [0.717, 1.165) is 26.3 Å². The Morgan fingerprint density at radius 1 is 1.31 bits per heavy atom. The highest BCUT2D eigenvalue weighted by Gasteiger charge is 2.33. The Balaban J connectivity index is 1.70. The van der Waals surface area contributed by atoms with Crippen LogP contribution >= 0.6 is 0 Å². The number of nitrogens with two attached hydrogens (primary N) is 1. The number of anilines is 1. The van der Waals surface area contributed by atoms with Crippen LogP contribution in [0.4, 0.5) is 5.95 Å². The first-order valence-corrected chi connectivity index (χ1v) is 5.76. The van der Waals surface area contributed by atoms with Crippen LogP contribution in [0.3, 0.4) is 0 Å². The smallest absolute Gasteiger partial charge is 0.266 e. The molecule has 88 valence electrons. The van der Waals surface area contributed by atoms with Crippen LogP contribution in [0.25, 0.3) is 0 Å². The summed E-state index contributed by atoms with van der Waals surface area (Å²) < 4.78 is 10.5. The Morgan fingerprint density at radius 3 is 2.75 bits per heavy atom. The molecule has 1 aromatic rings. The molecule has 2 fully saturated rings. The zero-order chi connectivity index (χ0) is 11.0. The lowest BCUT2D eigenvalue weighted by atomic mass is 10.2. The van der Waals surface area contributed by atoms with E-state index >= 15 is 0 Å². The molecule has 1 atom stereocenters. The largest absolute Gasteiger partial charge is 0.378 e. The molecule has 1 aliphatic carbocycles. The van der Waals surface area contributed by atoms with Crippen LogP contribution in [0.5, 0.6) is 0 Å². The minimum atomic E-state index is -0.0812. The van der Waals surface area contributed by atoms with E-state index in [1.54, 1.807) is 0 Å². The minimum absolute atomic E-state index is 0.0812. The van der Waals surface area contributed by atoms with E-state index in [4.69, 9.17) is 15.0 Å². The van der Waals surface area contributed by atoms with Crippen molar-refractivity contribution >= 4 is 5.95 Å². The van der Waals surface area contributed by atoms with E-state index in [2.05, 4.69) is 15.0 Å². The molecular formula is C10H16N4O2. The van der Waals surface area contributed by atoms with E-state index in [1.165, 1.54) is 12.8 Å². The summed E-state index contributed by atoms with van der Waals surface area (Å²) in [5.41, 5.74) is 6.00. The molecule has 16 heavy (non-hydrogen) atoms. The van der Waals surface area contributed by atoms with Crippen LogP contribution in [0, 0.1) is 5.92 Å². The fourth-order valence-corrected chi connectivity index (χ4v) is 1.91. The lowest BCUT2D eigenvalue weighted by Crippen LogP contribution is -2.36. The van der Waals surface area contributed by atoms with Crippen LogP contribution < -0.4 is 10.6 Å². The third-order valence-corrected chi connectivity index (χ3v) is 3.14. The van der Waals surface area contributed by atoms with Gasteiger partial charge in [-0.05, 0) is 23.9 Å². The van der Waals surface area contributed by atoms with Gasteiger partial charge in [-0.15, -0.1) is 0 Å². The van der Waals surface area contributed by atoms with E-state index < -0.39 is 0 Å². The van der Waals surface area contributed by atoms with Crippen LogP contribution in [-0.4, -0.2) is 36.4 Å². The van der Waals surface area contributed by atoms with Crippen molar-refractivity contribution in [2.75, 3.05) is 31.2 Å². The van der Waals surface area contributed by atoms with Crippen molar-refractivity contribution < 1.29 is 9.26 Å². The van der Waals surface area contributed by atoms with Gasteiger partial charge in [0.2, 0.25) is 5.89 Å². The first kappa shape index (κ1) is 10.0. The molecule has 1 aromatic heterocycles. The van der Waals surface area contributed by atoms with E-state index in [-0.39, 0.29) is 6.04 Å². The average molecular weight is 224 g/mol. The van der Waals surface area contributed by atoms with Crippen LogP contribution in [0.2, 0.25) is 0 Å². The predicted molar refractivity (Wildman–Crippen MR) is 57.0 cm³/mol. The molecule has 6 nitrogen and oxygen atoms in total. The highest BCUT2D eigenvalue weighted by molar-refractivity contribution is 5.28. The third-order valence-electron chi connectivity index (χ3n) is 3.14. The summed E-state index contributed by atoms with van der Waals surface area (Å²) in [6.45, 7) is 3.08. The molecular weight excluding hydrogens is 208 g/mol. The number of morpholine rings is 1. The van der Waals surface area contributed by atoms with Crippen molar-refractivity contribution in [1.82, 2.24) is 10.1 Å². The van der Waals surface area contributed by atoms with Crippen LogP contribution in [-0.2, 0) is 4.74 Å². The van der Waals surface area contributed by atoms with Gasteiger partial charge in [0.25, 0.3) is 5.95 Å². The van der Waals surface area contributed by atoms with Crippen molar-refractivity contribution in [2.24, 2.45) is 11.7 Å². The molecule has 2 aliphatic rings. The third kappa shape index (κ3) is 1.90. The molecule has 1 aliphatic heterocycles. The standard InChI is InChI=1S/C10H16N4O2/c11-8(7-1-2-7)9-12-10(13-16-9)14-3-5-15-6-4-14/h7-8H,1-6,11H2. The number of hydrogen-bond acceptors (Lipinski definition) is 6. The molecule has 1 saturated heterocycles. The molecule has 0 radical (unpaired) electrons. The highest BCUT2D eigenvalue weighted by atomic mass is 16.5. The van der Waals surface area contributed by atoms with Crippen molar-refractivity contribution in [3.8, 4) is 0 Å². The molecule has 2 heterocycles. The zero-order valence-electron chi connectivity index (χ0n) is 9.13. The van der Waals surface area contributed by atoms with Gasteiger partial charge in [-0.3, -0.25) is 0 Å². The maximum Gasteiger partial charge on any atom is 0.266 e. The van der Waals surface area contributed by atoms with Crippen molar-refractivity contribution in [3.63, 3.8) is 0 Å². The SMILES string of the molecule is NC(c1nc(N2CCOCC2)no1)C1CC1. The molecule has 0 aromatic carbocycles. The van der Waals surface area contributed by atoms with Gasteiger partial charge in [0.1, 0.15) is 0 Å². The van der Waals surface area contributed by atoms with Gasteiger partial charge in [0, 0.05) is 13.1 Å². The second-order valence-electron chi connectivity index (χ2n) is 4.40. The van der Waals surface area contributed by atoms with Crippen LogP contribution in [0.1, 0.15) is 24.8 Å². The van der Waals surface area contributed by atoms with Gasteiger partial charge in [0.05, 0.1) is 19.3 Å². The molecule has 6 heteroatoms. The van der Waals surface area contributed by atoms with Crippen molar-refractivity contribution in [3.05, 3.63) is 5.89 Å². The topological polar surface area (TPSA) is 77.4 Å². The Labute approximate surface area is 93.7 Å². The van der Waals surface area contributed by atoms with Gasteiger partial charge in [0.15, 0.2) is 0 Å².